The van der Waals surface area contributed by atoms with Crippen LogP contribution in [0.2, 0.25) is 0 Å². The minimum atomic E-state index is -0.479. The fourth-order valence-electron chi connectivity index (χ4n) is 1.56. The Morgan fingerprint density at radius 1 is 1.12 bits per heavy atom. The molecule has 1 aromatic carbocycles. The SMILES string of the molecule is O=C1NC(=O)/C(=C/c2ccc(CCS)cc2)N1. The van der Waals surface area contributed by atoms with E-state index in [-0.39, 0.29) is 5.70 Å². The molecule has 1 aromatic rings. The van der Waals surface area contributed by atoms with Gasteiger partial charge in [-0.1, -0.05) is 24.3 Å². The van der Waals surface area contributed by atoms with Crippen molar-refractivity contribution < 1.29 is 9.59 Å². The molecule has 0 saturated carbocycles. The molecule has 0 spiro atoms. The van der Waals surface area contributed by atoms with Gasteiger partial charge in [-0.3, -0.25) is 10.1 Å². The molecule has 0 aliphatic carbocycles. The highest BCUT2D eigenvalue weighted by Crippen LogP contribution is 2.10. The fraction of sp³-hybridized carbons (Fsp3) is 0.167. The van der Waals surface area contributed by atoms with Gasteiger partial charge in [-0.25, -0.2) is 4.79 Å². The van der Waals surface area contributed by atoms with Gasteiger partial charge in [-0.15, -0.1) is 0 Å². The van der Waals surface area contributed by atoms with Crippen LogP contribution in [0, 0.1) is 0 Å². The first-order chi connectivity index (χ1) is 8.19. The van der Waals surface area contributed by atoms with Gasteiger partial charge in [0.05, 0.1) is 0 Å². The second-order valence-electron chi connectivity index (χ2n) is 3.68. The van der Waals surface area contributed by atoms with Gasteiger partial charge in [0.1, 0.15) is 5.70 Å². The van der Waals surface area contributed by atoms with Gasteiger partial charge in [-0.05, 0) is 29.4 Å². The summed E-state index contributed by atoms with van der Waals surface area (Å²) in [4.78, 5) is 22.2. The van der Waals surface area contributed by atoms with E-state index in [1.807, 2.05) is 24.3 Å². The lowest BCUT2D eigenvalue weighted by atomic mass is 10.1. The number of carbonyl (C=O) groups excluding carboxylic acids is 2. The van der Waals surface area contributed by atoms with Crippen LogP contribution in [0.15, 0.2) is 30.0 Å². The zero-order valence-electron chi connectivity index (χ0n) is 9.06. The van der Waals surface area contributed by atoms with E-state index >= 15 is 0 Å². The highest BCUT2D eigenvalue weighted by molar-refractivity contribution is 7.80. The molecule has 0 radical (unpaired) electrons. The monoisotopic (exact) mass is 248 g/mol. The van der Waals surface area contributed by atoms with Crippen molar-refractivity contribution in [2.75, 3.05) is 5.75 Å². The Hall–Kier alpha value is -1.75. The molecule has 2 N–H and O–H groups in total. The Morgan fingerprint density at radius 3 is 2.35 bits per heavy atom. The molecular formula is C12H12N2O2S. The molecule has 1 aliphatic heterocycles. The smallest absolute Gasteiger partial charge is 0.303 e. The van der Waals surface area contributed by atoms with Crippen molar-refractivity contribution in [3.63, 3.8) is 0 Å². The van der Waals surface area contributed by atoms with Crippen LogP contribution in [0.4, 0.5) is 4.79 Å². The van der Waals surface area contributed by atoms with E-state index in [1.54, 1.807) is 6.08 Å². The molecule has 0 aromatic heterocycles. The summed E-state index contributed by atoms with van der Waals surface area (Å²) < 4.78 is 0. The van der Waals surface area contributed by atoms with Crippen LogP contribution in [0.1, 0.15) is 11.1 Å². The lowest BCUT2D eigenvalue weighted by molar-refractivity contribution is -0.115. The molecule has 0 bridgehead atoms. The Balaban J connectivity index is 2.16. The van der Waals surface area contributed by atoms with Crippen molar-refractivity contribution in [3.05, 3.63) is 41.1 Å². The number of nitrogens with one attached hydrogen (secondary N) is 2. The lowest BCUT2D eigenvalue weighted by Gasteiger charge is -1.99. The molecule has 0 atom stereocenters. The van der Waals surface area contributed by atoms with Crippen molar-refractivity contribution in [2.24, 2.45) is 0 Å². The minimum Gasteiger partial charge on any atom is -0.303 e. The number of urea groups is 1. The van der Waals surface area contributed by atoms with Gasteiger partial charge in [0.25, 0.3) is 5.91 Å². The maximum absolute atomic E-state index is 11.3. The fourth-order valence-corrected chi connectivity index (χ4v) is 1.82. The molecule has 1 heterocycles. The molecule has 3 amide bonds. The highest BCUT2D eigenvalue weighted by atomic mass is 32.1. The van der Waals surface area contributed by atoms with Gasteiger partial charge in [0.2, 0.25) is 0 Å². The number of rotatable bonds is 3. The predicted molar refractivity (Wildman–Crippen MR) is 68.7 cm³/mol. The van der Waals surface area contributed by atoms with Crippen molar-refractivity contribution in [1.82, 2.24) is 10.6 Å². The Labute approximate surface area is 105 Å². The molecule has 4 nitrogen and oxygen atoms in total. The van der Waals surface area contributed by atoms with Crippen LogP contribution in [0.25, 0.3) is 6.08 Å². The quantitative estimate of drug-likeness (QED) is 0.429. The first-order valence-corrected chi connectivity index (χ1v) is 5.86. The molecular weight excluding hydrogens is 236 g/mol. The topological polar surface area (TPSA) is 58.2 Å². The molecule has 1 saturated heterocycles. The van der Waals surface area contributed by atoms with Crippen LogP contribution >= 0.6 is 12.6 Å². The van der Waals surface area contributed by atoms with Crippen LogP contribution in [-0.4, -0.2) is 17.7 Å². The number of benzene rings is 1. The normalized spacial score (nSPS) is 17.1. The molecule has 1 fully saturated rings. The van der Waals surface area contributed by atoms with E-state index in [0.29, 0.717) is 0 Å². The third-order valence-corrected chi connectivity index (χ3v) is 2.63. The molecule has 17 heavy (non-hydrogen) atoms. The van der Waals surface area contributed by atoms with Gasteiger partial charge in [0, 0.05) is 0 Å². The van der Waals surface area contributed by atoms with E-state index in [2.05, 4.69) is 23.3 Å². The second-order valence-corrected chi connectivity index (χ2v) is 4.13. The zero-order valence-corrected chi connectivity index (χ0v) is 9.96. The van der Waals surface area contributed by atoms with Crippen LogP contribution < -0.4 is 10.6 Å². The van der Waals surface area contributed by atoms with Crippen molar-refractivity contribution in [1.29, 1.82) is 0 Å². The van der Waals surface area contributed by atoms with Crippen molar-refractivity contribution in [2.45, 2.75) is 6.42 Å². The summed E-state index contributed by atoms with van der Waals surface area (Å²) in [6, 6.07) is 7.30. The Bertz CT molecular complexity index is 480. The van der Waals surface area contributed by atoms with E-state index in [9.17, 15) is 9.59 Å². The summed E-state index contributed by atoms with van der Waals surface area (Å²) in [6.07, 6.45) is 2.56. The van der Waals surface area contributed by atoms with Gasteiger partial charge in [0.15, 0.2) is 0 Å². The van der Waals surface area contributed by atoms with Crippen LogP contribution in [0.3, 0.4) is 0 Å². The van der Waals surface area contributed by atoms with Crippen LogP contribution in [0.5, 0.6) is 0 Å². The summed E-state index contributed by atoms with van der Waals surface area (Å²) in [5.41, 5.74) is 2.35. The summed E-state index contributed by atoms with van der Waals surface area (Å²) in [7, 11) is 0. The standard InChI is InChI=1S/C12H12N2O2S/c15-11-10(13-12(16)14-11)7-9-3-1-8(2-4-9)5-6-17/h1-4,7,17H,5-6H2,(H2,13,14,15,16)/b10-7-. The molecule has 2 rings (SSSR count). The number of aryl methyl sites for hydroxylation is 1. The van der Waals surface area contributed by atoms with Crippen molar-refractivity contribution in [3.8, 4) is 0 Å². The number of hydrogen-bond donors (Lipinski definition) is 3. The number of hydrogen-bond acceptors (Lipinski definition) is 3. The Morgan fingerprint density at radius 2 is 1.82 bits per heavy atom. The number of thiol groups is 1. The lowest BCUT2D eigenvalue weighted by Crippen LogP contribution is -2.22. The average molecular weight is 248 g/mol. The zero-order chi connectivity index (χ0) is 12.3. The predicted octanol–water partition coefficient (Wildman–Crippen LogP) is 1.34. The van der Waals surface area contributed by atoms with Gasteiger partial charge < -0.3 is 5.32 Å². The molecule has 1 aliphatic rings. The summed E-state index contributed by atoms with van der Waals surface area (Å²) in [5.74, 6) is 0.410. The van der Waals surface area contributed by atoms with E-state index in [0.717, 1.165) is 17.7 Å². The summed E-state index contributed by atoms with van der Waals surface area (Å²) >= 11 is 4.16. The maximum Gasteiger partial charge on any atom is 0.326 e. The second kappa shape index (κ2) is 5.05. The third kappa shape index (κ3) is 2.88. The number of amides is 3. The first-order valence-electron chi connectivity index (χ1n) is 5.23. The largest absolute Gasteiger partial charge is 0.326 e. The minimum absolute atomic E-state index is 0.275. The average Bonchev–Trinajstić information content (AvgIpc) is 2.61. The molecule has 88 valence electrons. The number of imide groups is 1. The third-order valence-electron chi connectivity index (χ3n) is 2.41. The maximum atomic E-state index is 11.3. The molecule has 5 heteroatoms. The highest BCUT2D eigenvalue weighted by Gasteiger charge is 2.22. The van der Waals surface area contributed by atoms with Gasteiger partial charge in [-0.2, -0.15) is 12.6 Å². The van der Waals surface area contributed by atoms with Crippen LogP contribution in [-0.2, 0) is 11.2 Å². The van der Waals surface area contributed by atoms with E-state index in [4.69, 9.17) is 0 Å². The summed E-state index contributed by atoms with van der Waals surface area (Å²) in [5, 5.41) is 4.59. The molecule has 0 unspecified atom stereocenters. The Kier molecular flexibility index (Phi) is 3.49. The van der Waals surface area contributed by atoms with E-state index < -0.39 is 11.9 Å². The van der Waals surface area contributed by atoms with Gasteiger partial charge >= 0.3 is 6.03 Å². The van der Waals surface area contributed by atoms with Crippen molar-refractivity contribution >= 4 is 30.6 Å². The number of carbonyl (C=O) groups is 2. The summed E-state index contributed by atoms with van der Waals surface area (Å²) in [6.45, 7) is 0. The first kappa shape index (κ1) is 11.7. The van der Waals surface area contributed by atoms with E-state index in [1.165, 1.54) is 5.56 Å².